The van der Waals surface area contributed by atoms with Gasteiger partial charge in [-0.15, -0.1) is 11.3 Å². The largest absolute Gasteiger partial charge is 0.409 e. The van der Waals surface area contributed by atoms with Crippen LogP contribution in [-0.2, 0) is 11.3 Å². The molecule has 4 N–H and O–H groups in total. The van der Waals surface area contributed by atoms with Crippen LogP contribution in [-0.4, -0.2) is 21.9 Å². The van der Waals surface area contributed by atoms with Gasteiger partial charge in [-0.2, -0.15) is 0 Å². The lowest BCUT2D eigenvalue weighted by molar-refractivity contribution is -0.123. The lowest BCUT2D eigenvalue weighted by Crippen LogP contribution is -2.38. The molecule has 1 aromatic rings. The summed E-state index contributed by atoms with van der Waals surface area (Å²) in [6.45, 7) is 2.36. The fourth-order valence-electron chi connectivity index (χ4n) is 1.40. The van der Waals surface area contributed by atoms with Crippen molar-refractivity contribution in [3.8, 4) is 0 Å². The van der Waals surface area contributed by atoms with Gasteiger partial charge in [0, 0.05) is 11.1 Å². The minimum absolute atomic E-state index is 0.0475. The number of amides is 1. The molecule has 94 valence electrons. The molecule has 1 aromatic heterocycles. The number of aromatic nitrogens is 1. The van der Waals surface area contributed by atoms with E-state index in [1.807, 2.05) is 6.92 Å². The normalized spacial score (nSPS) is 13.4. The number of oxime groups is 1. The van der Waals surface area contributed by atoms with E-state index in [1.54, 1.807) is 11.7 Å². The molecule has 0 spiro atoms. The molecule has 6 nitrogen and oxygen atoms in total. The standard InChI is InChI=1S/C10H16N4O2S/c1-2-3-8(9(11)14-16)10(15)13-5-7-4-12-6-17-7/h4,6,8,16H,2-3,5H2,1H3,(H2,11,14)(H,13,15). The maximum atomic E-state index is 11.8. The second kappa shape index (κ2) is 6.85. The van der Waals surface area contributed by atoms with E-state index in [9.17, 15) is 4.79 Å². The van der Waals surface area contributed by atoms with E-state index in [1.165, 1.54) is 11.3 Å². The first-order valence-electron chi connectivity index (χ1n) is 5.31. The van der Waals surface area contributed by atoms with Crippen molar-refractivity contribution in [3.05, 3.63) is 16.6 Å². The molecule has 0 radical (unpaired) electrons. The second-order valence-corrected chi connectivity index (χ2v) is 4.52. The number of amidine groups is 1. The summed E-state index contributed by atoms with van der Waals surface area (Å²) in [6, 6.07) is 0. The third-order valence-corrected chi connectivity index (χ3v) is 3.07. The molecule has 1 atom stereocenters. The Kier molecular flexibility index (Phi) is 5.41. The Morgan fingerprint density at radius 2 is 2.53 bits per heavy atom. The average Bonchev–Trinajstić information content (AvgIpc) is 2.85. The van der Waals surface area contributed by atoms with Crippen LogP contribution in [0.25, 0.3) is 0 Å². The summed E-state index contributed by atoms with van der Waals surface area (Å²) in [4.78, 5) is 16.7. The number of hydrogen-bond donors (Lipinski definition) is 3. The highest BCUT2D eigenvalue weighted by Gasteiger charge is 2.21. The second-order valence-electron chi connectivity index (χ2n) is 3.55. The number of carbonyl (C=O) groups is 1. The predicted molar refractivity (Wildman–Crippen MR) is 65.8 cm³/mol. The van der Waals surface area contributed by atoms with Crippen molar-refractivity contribution in [1.82, 2.24) is 10.3 Å². The number of nitrogens with one attached hydrogen (secondary N) is 1. The quantitative estimate of drug-likeness (QED) is 0.305. The molecular formula is C10H16N4O2S. The van der Waals surface area contributed by atoms with E-state index < -0.39 is 5.92 Å². The van der Waals surface area contributed by atoms with E-state index in [-0.39, 0.29) is 11.7 Å². The molecule has 7 heteroatoms. The fourth-order valence-corrected chi connectivity index (χ4v) is 1.93. The predicted octanol–water partition coefficient (Wildman–Crippen LogP) is 0.922. The third kappa shape index (κ3) is 4.03. The molecule has 0 saturated carbocycles. The molecule has 0 aliphatic rings. The molecule has 0 bridgehead atoms. The van der Waals surface area contributed by atoms with Crippen molar-refractivity contribution in [1.29, 1.82) is 0 Å². The van der Waals surface area contributed by atoms with E-state index in [2.05, 4.69) is 15.5 Å². The van der Waals surface area contributed by atoms with Crippen molar-refractivity contribution in [2.24, 2.45) is 16.8 Å². The van der Waals surface area contributed by atoms with Crippen LogP contribution in [0.2, 0.25) is 0 Å². The van der Waals surface area contributed by atoms with Gasteiger partial charge >= 0.3 is 0 Å². The summed E-state index contributed by atoms with van der Waals surface area (Å²) in [6.07, 6.45) is 3.04. The molecule has 0 aliphatic carbocycles. The smallest absolute Gasteiger partial charge is 0.231 e. The molecule has 0 fully saturated rings. The van der Waals surface area contributed by atoms with E-state index in [0.717, 1.165) is 11.3 Å². The van der Waals surface area contributed by atoms with Crippen LogP contribution >= 0.6 is 11.3 Å². The van der Waals surface area contributed by atoms with Gasteiger partial charge in [0.1, 0.15) is 0 Å². The van der Waals surface area contributed by atoms with Gasteiger partial charge in [-0.3, -0.25) is 9.78 Å². The van der Waals surface area contributed by atoms with Crippen LogP contribution in [0.1, 0.15) is 24.6 Å². The van der Waals surface area contributed by atoms with Crippen molar-refractivity contribution < 1.29 is 10.0 Å². The summed E-state index contributed by atoms with van der Waals surface area (Å²) < 4.78 is 0. The maximum absolute atomic E-state index is 11.8. The summed E-state index contributed by atoms with van der Waals surface area (Å²) in [5, 5.41) is 14.2. The third-order valence-electron chi connectivity index (χ3n) is 2.29. The summed E-state index contributed by atoms with van der Waals surface area (Å²) in [5.41, 5.74) is 7.19. The Balaban J connectivity index is 2.53. The lowest BCUT2D eigenvalue weighted by atomic mass is 10.0. The Hall–Kier alpha value is -1.63. The molecule has 1 heterocycles. The highest BCUT2D eigenvalue weighted by Crippen LogP contribution is 2.09. The molecule has 1 unspecified atom stereocenters. The fraction of sp³-hybridized carbons (Fsp3) is 0.500. The molecular weight excluding hydrogens is 240 g/mol. The monoisotopic (exact) mass is 256 g/mol. The van der Waals surface area contributed by atoms with E-state index in [4.69, 9.17) is 10.9 Å². The topological polar surface area (TPSA) is 101 Å². The number of hydrogen-bond acceptors (Lipinski definition) is 5. The molecule has 0 aliphatic heterocycles. The van der Waals surface area contributed by atoms with Gasteiger partial charge in [-0.25, -0.2) is 0 Å². The first kappa shape index (κ1) is 13.4. The summed E-state index contributed by atoms with van der Waals surface area (Å²) in [7, 11) is 0. The number of nitrogens with zero attached hydrogens (tertiary/aromatic N) is 2. The van der Waals surface area contributed by atoms with Crippen LogP contribution in [0.15, 0.2) is 16.9 Å². The molecule has 1 amide bonds. The van der Waals surface area contributed by atoms with Gasteiger partial charge in [0.05, 0.1) is 18.0 Å². The van der Waals surface area contributed by atoms with Gasteiger partial charge < -0.3 is 16.3 Å². The van der Waals surface area contributed by atoms with Crippen molar-refractivity contribution in [2.75, 3.05) is 0 Å². The molecule has 17 heavy (non-hydrogen) atoms. The van der Waals surface area contributed by atoms with E-state index >= 15 is 0 Å². The lowest BCUT2D eigenvalue weighted by Gasteiger charge is -2.13. The highest BCUT2D eigenvalue weighted by atomic mass is 32.1. The Morgan fingerprint density at radius 1 is 1.76 bits per heavy atom. The van der Waals surface area contributed by atoms with Gasteiger partial charge in [0.15, 0.2) is 5.84 Å². The SMILES string of the molecule is CCCC(C(=O)NCc1cncs1)C(N)=NO. The molecule has 0 saturated heterocycles. The van der Waals surface area contributed by atoms with Gasteiger partial charge in [0.2, 0.25) is 5.91 Å². The molecule has 0 aromatic carbocycles. The zero-order valence-corrected chi connectivity index (χ0v) is 10.4. The molecule has 1 rings (SSSR count). The van der Waals surface area contributed by atoms with Crippen molar-refractivity contribution >= 4 is 23.1 Å². The first-order chi connectivity index (χ1) is 8.19. The minimum Gasteiger partial charge on any atom is -0.409 e. The Labute approximate surface area is 104 Å². The van der Waals surface area contributed by atoms with E-state index in [0.29, 0.717) is 13.0 Å². The van der Waals surface area contributed by atoms with Crippen LogP contribution in [0, 0.1) is 5.92 Å². The first-order valence-corrected chi connectivity index (χ1v) is 6.19. The van der Waals surface area contributed by atoms with Crippen LogP contribution in [0.5, 0.6) is 0 Å². The van der Waals surface area contributed by atoms with Crippen LogP contribution in [0.4, 0.5) is 0 Å². The van der Waals surface area contributed by atoms with Gasteiger partial charge in [-0.1, -0.05) is 18.5 Å². The number of rotatable bonds is 6. The van der Waals surface area contributed by atoms with Crippen LogP contribution in [0.3, 0.4) is 0 Å². The highest BCUT2D eigenvalue weighted by molar-refractivity contribution is 7.09. The Morgan fingerprint density at radius 3 is 3.06 bits per heavy atom. The van der Waals surface area contributed by atoms with Crippen LogP contribution < -0.4 is 11.1 Å². The average molecular weight is 256 g/mol. The zero-order chi connectivity index (χ0) is 12.7. The summed E-state index contributed by atoms with van der Waals surface area (Å²) >= 11 is 1.47. The number of nitrogens with two attached hydrogens (primary N) is 1. The Bertz CT molecular complexity index is 378. The van der Waals surface area contributed by atoms with Crippen molar-refractivity contribution in [2.45, 2.75) is 26.3 Å². The summed E-state index contributed by atoms with van der Waals surface area (Å²) in [5.74, 6) is -0.845. The number of thiazole rings is 1. The van der Waals surface area contributed by atoms with Crippen molar-refractivity contribution in [3.63, 3.8) is 0 Å². The zero-order valence-electron chi connectivity index (χ0n) is 9.59. The maximum Gasteiger partial charge on any atom is 0.231 e. The minimum atomic E-state index is -0.571. The van der Waals surface area contributed by atoms with Gasteiger partial charge in [0.25, 0.3) is 0 Å². The van der Waals surface area contributed by atoms with Gasteiger partial charge in [-0.05, 0) is 6.42 Å². The number of carbonyl (C=O) groups excluding carboxylic acids is 1.